The molecule has 1 unspecified atom stereocenters. The third-order valence-corrected chi connectivity index (χ3v) is 2.73. The lowest BCUT2D eigenvalue weighted by atomic mass is 10.1. The molecule has 11 heavy (non-hydrogen) atoms. The summed E-state index contributed by atoms with van der Waals surface area (Å²) in [6.45, 7) is 2.53. The summed E-state index contributed by atoms with van der Waals surface area (Å²) in [4.78, 5) is 0.532. The maximum absolute atomic E-state index is 8.61. The molecule has 1 atom stereocenters. The molecule has 0 heterocycles. The number of aliphatic hydroxyl groups excluding tert-OH is 1. The summed E-state index contributed by atoms with van der Waals surface area (Å²) < 4.78 is 0. The fourth-order valence-electron chi connectivity index (χ4n) is 1.08. The van der Waals surface area contributed by atoms with Gasteiger partial charge in [0.25, 0.3) is 0 Å². The first-order valence-corrected chi connectivity index (χ1v) is 5.47. The average Bonchev–Trinajstić information content (AvgIpc) is 1.99. The van der Waals surface area contributed by atoms with E-state index in [1.165, 1.54) is 32.1 Å². The van der Waals surface area contributed by atoms with Crippen molar-refractivity contribution in [2.45, 2.75) is 50.3 Å². The predicted octanol–water partition coefficient (Wildman–Crippen LogP) is 3.10. The Kier molecular flexibility index (Phi) is 8.88. The van der Waals surface area contributed by atoms with Crippen LogP contribution in [0.1, 0.15) is 45.4 Å². The first-order valence-electron chi connectivity index (χ1n) is 4.56. The Balaban J connectivity index is 2.97. The van der Waals surface area contributed by atoms with E-state index in [2.05, 4.69) is 22.9 Å². The number of hydrogen-bond acceptors (Lipinski definition) is 1. The molecule has 1 N–H and O–H groups in total. The SMILES string of the molecule is CCCCCCC(Br)CCO. The van der Waals surface area contributed by atoms with Crippen molar-refractivity contribution in [2.24, 2.45) is 0 Å². The third kappa shape index (κ3) is 8.35. The van der Waals surface area contributed by atoms with Crippen LogP contribution in [0.15, 0.2) is 0 Å². The smallest absolute Gasteiger partial charge is 0.0441 e. The maximum Gasteiger partial charge on any atom is 0.0441 e. The van der Waals surface area contributed by atoms with Crippen LogP contribution < -0.4 is 0 Å². The zero-order valence-electron chi connectivity index (χ0n) is 7.35. The van der Waals surface area contributed by atoms with E-state index in [0.29, 0.717) is 11.4 Å². The van der Waals surface area contributed by atoms with Gasteiger partial charge in [-0.15, -0.1) is 0 Å². The Bertz CT molecular complexity index is 76.0. The molecule has 0 aliphatic heterocycles. The van der Waals surface area contributed by atoms with E-state index in [4.69, 9.17) is 5.11 Å². The van der Waals surface area contributed by atoms with Crippen LogP contribution in [0, 0.1) is 0 Å². The topological polar surface area (TPSA) is 20.2 Å². The lowest BCUT2D eigenvalue weighted by molar-refractivity contribution is 0.285. The third-order valence-electron chi connectivity index (χ3n) is 1.81. The molecule has 0 saturated heterocycles. The van der Waals surface area contributed by atoms with Crippen molar-refractivity contribution in [3.05, 3.63) is 0 Å². The normalized spacial score (nSPS) is 13.4. The van der Waals surface area contributed by atoms with Gasteiger partial charge in [0.05, 0.1) is 0 Å². The summed E-state index contributed by atoms with van der Waals surface area (Å²) >= 11 is 3.53. The van der Waals surface area contributed by atoms with Crippen molar-refractivity contribution in [3.63, 3.8) is 0 Å². The van der Waals surface area contributed by atoms with Gasteiger partial charge in [-0.25, -0.2) is 0 Å². The second-order valence-corrected chi connectivity index (χ2v) is 4.25. The molecular weight excluding hydrogens is 204 g/mol. The molecule has 0 aromatic carbocycles. The van der Waals surface area contributed by atoms with Crippen LogP contribution >= 0.6 is 15.9 Å². The molecule has 0 rings (SSSR count). The van der Waals surface area contributed by atoms with Crippen molar-refractivity contribution in [2.75, 3.05) is 6.61 Å². The molecule has 0 radical (unpaired) electrons. The zero-order valence-corrected chi connectivity index (χ0v) is 8.94. The van der Waals surface area contributed by atoms with Crippen molar-refractivity contribution in [1.29, 1.82) is 0 Å². The van der Waals surface area contributed by atoms with Crippen LogP contribution in [0.2, 0.25) is 0 Å². The highest BCUT2D eigenvalue weighted by Gasteiger charge is 2.01. The minimum atomic E-state index is 0.309. The summed E-state index contributed by atoms with van der Waals surface area (Å²) in [5, 5.41) is 8.61. The van der Waals surface area contributed by atoms with E-state index >= 15 is 0 Å². The van der Waals surface area contributed by atoms with Crippen molar-refractivity contribution in [1.82, 2.24) is 0 Å². The van der Waals surface area contributed by atoms with E-state index in [1.54, 1.807) is 0 Å². The molecule has 0 saturated carbocycles. The van der Waals surface area contributed by atoms with Crippen LogP contribution in [0.25, 0.3) is 0 Å². The van der Waals surface area contributed by atoms with Crippen LogP contribution in [0.5, 0.6) is 0 Å². The van der Waals surface area contributed by atoms with Crippen LogP contribution in [-0.2, 0) is 0 Å². The molecular formula is C9H19BrO. The van der Waals surface area contributed by atoms with Crippen LogP contribution in [0.4, 0.5) is 0 Å². The zero-order chi connectivity index (χ0) is 8.53. The highest BCUT2D eigenvalue weighted by Crippen LogP contribution is 2.14. The van der Waals surface area contributed by atoms with E-state index in [1.807, 2.05) is 0 Å². The number of unbranched alkanes of at least 4 members (excludes halogenated alkanes) is 3. The Morgan fingerprint density at radius 1 is 1.18 bits per heavy atom. The van der Waals surface area contributed by atoms with E-state index in [0.717, 1.165) is 6.42 Å². The van der Waals surface area contributed by atoms with Gasteiger partial charge in [0, 0.05) is 11.4 Å². The van der Waals surface area contributed by atoms with E-state index in [-0.39, 0.29) is 0 Å². The van der Waals surface area contributed by atoms with Crippen LogP contribution in [0.3, 0.4) is 0 Å². The molecule has 2 heteroatoms. The van der Waals surface area contributed by atoms with Gasteiger partial charge >= 0.3 is 0 Å². The minimum absolute atomic E-state index is 0.309. The fraction of sp³-hybridized carbons (Fsp3) is 1.00. The molecule has 0 amide bonds. The second kappa shape index (κ2) is 8.54. The summed E-state index contributed by atoms with van der Waals surface area (Å²) in [6.07, 6.45) is 7.38. The molecule has 0 aromatic rings. The lowest BCUT2D eigenvalue weighted by Gasteiger charge is -2.06. The standard InChI is InChI=1S/C9H19BrO/c1-2-3-4-5-6-9(10)7-8-11/h9,11H,2-8H2,1H3. The Hall–Kier alpha value is 0.440. The van der Waals surface area contributed by atoms with Gasteiger partial charge in [-0.05, 0) is 12.8 Å². The van der Waals surface area contributed by atoms with Crippen molar-refractivity contribution in [3.8, 4) is 0 Å². The van der Waals surface area contributed by atoms with Crippen LogP contribution in [-0.4, -0.2) is 16.5 Å². The molecule has 0 aliphatic carbocycles. The molecule has 1 nitrogen and oxygen atoms in total. The van der Waals surface area contributed by atoms with Gasteiger partial charge in [0.2, 0.25) is 0 Å². The first kappa shape index (κ1) is 11.4. The lowest BCUT2D eigenvalue weighted by Crippen LogP contribution is -2.00. The summed E-state index contributed by atoms with van der Waals surface area (Å²) in [6, 6.07) is 0. The van der Waals surface area contributed by atoms with Gasteiger partial charge in [0.1, 0.15) is 0 Å². The second-order valence-electron chi connectivity index (χ2n) is 2.96. The van der Waals surface area contributed by atoms with Gasteiger partial charge in [-0.2, -0.15) is 0 Å². The number of halogens is 1. The summed E-state index contributed by atoms with van der Waals surface area (Å²) in [5.41, 5.74) is 0. The largest absolute Gasteiger partial charge is 0.396 e. The molecule has 0 bridgehead atoms. The minimum Gasteiger partial charge on any atom is -0.396 e. The van der Waals surface area contributed by atoms with E-state index < -0.39 is 0 Å². The van der Waals surface area contributed by atoms with Crippen molar-refractivity contribution < 1.29 is 5.11 Å². The number of rotatable bonds is 7. The monoisotopic (exact) mass is 222 g/mol. The van der Waals surface area contributed by atoms with Gasteiger partial charge in [0.15, 0.2) is 0 Å². The Morgan fingerprint density at radius 3 is 2.45 bits per heavy atom. The predicted molar refractivity (Wildman–Crippen MR) is 53.2 cm³/mol. The molecule has 0 spiro atoms. The quantitative estimate of drug-likeness (QED) is 0.519. The van der Waals surface area contributed by atoms with Gasteiger partial charge in [-0.3, -0.25) is 0 Å². The van der Waals surface area contributed by atoms with E-state index in [9.17, 15) is 0 Å². The Morgan fingerprint density at radius 2 is 1.91 bits per heavy atom. The van der Waals surface area contributed by atoms with Gasteiger partial charge in [-0.1, -0.05) is 48.5 Å². The fourth-order valence-corrected chi connectivity index (χ4v) is 1.61. The summed E-state index contributed by atoms with van der Waals surface area (Å²) in [7, 11) is 0. The number of aliphatic hydroxyl groups is 1. The molecule has 0 aliphatic rings. The maximum atomic E-state index is 8.61. The van der Waals surface area contributed by atoms with Crippen molar-refractivity contribution >= 4 is 15.9 Å². The number of alkyl halides is 1. The molecule has 0 aromatic heterocycles. The first-order chi connectivity index (χ1) is 5.31. The average molecular weight is 223 g/mol. The Labute approximate surface area is 78.3 Å². The highest BCUT2D eigenvalue weighted by atomic mass is 79.9. The van der Waals surface area contributed by atoms with Gasteiger partial charge < -0.3 is 5.11 Å². The number of hydrogen-bond donors (Lipinski definition) is 1. The molecule has 0 fully saturated rings. The molecule has 68 valence electrons. The highest BCUT2D eigenvalue weighted by molar-refractivity contribution is 9.09. The summed E-state index contributed by atoms with van der Waals surface area (Å²) in [5.74, 6) is 0.